The van der Waals surface area contributed by atoms with Crippen molar-refractivity contribution in [1.82, 2.24) is 9.78 Å². The zero-order chi connectivity index (χ0) is 14.7. The highest BCUT2D eigenvalue weighted by Gasteiger charge is 2.13. The Kier molecular flexibility index (Phi) is 4.45. The molecule has 2 aromatic rings. The maximum atomic E-state index is 5.66. The van der Waals surface area contributed by atoms with E-state index in [-0.39, 0.29) is 0 Å². The SMILES string of the molecule is Cc1cc(CN(c2ccc(CN)cc2)C(C)C)n(C)n1. The quantitative estimate of drug-likeness (QED) is 0.910. The molecule has 0 spiro atoms. The van der Waals surface area contributed by atoms with E-state index < -0.39 is 0 Å². The molecule has 0 aliphatic rings. The molecule has 2 rings (SSSR count). The molecule has 0 bridgehead atoms. The average Bonchev–Trinajstić information content (AvgIpc) is 2.74. The van der Waals surface area contributed by atoms with Crippen LogP contribution in [0.15, 0.2) is 30.3 Å². The largest absolute Gasteiger partial charge is 0.363 e. The Hall–Kier alpha value is -1.81. The summed E-state index contributed by atoms with van der Waals surface area (Å²) in [5.74, 6) is 0. The van der Waals surface area contributed by atoms with Crippen LogP contribution in [0, 0.1) is 6.92 Å². The molecule has 0 unspecified atom stereocenters. The molecule has 0 amide bonds. The summed E-state index contributed by atoms with van der Waals surface area (Å²) < 4.78 is 1.96. The molecule has 4 heteroatoms. The van der Waals surface area contributed by atoms with E-state index in [0.717, 1.165) is 17.8 Å². The molecule has 0 saturated heterocycles. The highest BCUT2D eigenvalue weighted by Crippen LogP contribution is 2.21. The lowest BCUT2D eigenvalue weighted by Gasteiger charge is -2.29. The number of hydrogen-bond donors (Lipinski definition) is 1. The summed E-state index contributed by atoms with van der Waals surface area (Å²) in [5, 5.41) is 4.42. The fourth-order valence-corrected chi connectivity index (χ4v) is 2.38. The summed E-state index contributed by atoms with van der Waals surface area (Å²) >= 11 is 0. The van der Waals surface area contributed by atoms with Crippen LogP contribution in [0.3, 0.4) is 0 Å². The number of hydrogen-bond acceptors (Lipinski definition) is 3. The molecular formula is C16H24N4. The number of aromatic nitrogens is 2. The van der Waals surface area contributed by atoms with Crippen LogP contribution in [0.2, 0.25) is 0 Å². The van der Waals surface area contributed by atoms with Crippen molar-refractivity contribution in [1.29, 1.82) is 0 Å². The van der Waals surface area contributed by atoms with E-state index in [0.29, 0.717) is 12.6 Å². The van der Waals surface area contributed by atoms with Crippen LogP contribution in [-0.2, 0) is 20.1 Å². The van der Waals surface area contributed by atoms with Crippen molar-refractivity contribution >= 4 is 5.69 Å². The molecule has 108 valence electrons. The summed E-state index contributed by atoms with van der Waals surface area (Å²) in [6, 6.07) is 11.0. The molecule has 0 fully saturated rings. The number of rotatable bonds is 5. The maximum absolute atomic E-state index is 5.66. The second-order valence-corrected chi connectivity index (χ2v) is 5.49. The molecule has 0 radical (unpaired) electrons. The fraction of sp³-hybridized carbons (Fsp3) is 0.438. The first kappa shape index (κ1) is 14.6. The first-order valence-electron chi connectivity index (χ1n) is 7.06. The van der Waals surface area contributed by atoms with Gasteiger partial charge in [0.15, 0.2) is 0 Å². The predicted molar refractivity (Wildman–Crippen MR) is 83.6 cm³/mol. The Bertz CT molecular complexity index is 554. The summed E-state index contributed by atoms with van der Waals surface area (Å²) in [7, 11) is 2.00. The lowest BCUT2D eigenvalue weighted by atomic mass is 10.1. The van der Waals surface area contributed by atoms with Gasteiger partial charge in [0.25, 0.3) is 0 Å². The van der Waals surface area contributed by atoms with Gasteiger partial charge in [-0.05, 0) is 44.5 Å². The van der Waals surface area contributed by atoms with Gasteiger partial charge in [0, 0.05) is 25.3 Å². The molecule has 0 saturated carbocycles. The third-order valence-electron chi connectivity index (χ3n) is 3.56. The molecule has 1 heterocycles. The maximum Gasteiger partial charge on any atom is 0.0601 e. The van der Waals surface area contributed by atoms with Gasteiger partial charge in [0.05, 0.1) is 17.9 Å². The minimum atomic E-state index is 0.425. The topological polar surface area (TPSA) is 47.1 Å². The van der Waals surface area contributed by atoms with Gasteiger partial charge in [-0.25, -0.2) is 0 Å². The van der Waals surface area contributed by atoms with E-state index in [1.165, 1.54) is 11.4 Å². The zero-order valence-electron chi connectivity index (χ0n) is 12.8. The van der Waals surface area contributed by atoms with E-state index in [2.05, 4.69) is 54.2 Å². The van der Waals surface area contributed by atoms with Crippen molar-refractivity contribution in [2.45, 2.75) is 39.9 Å². The molecule has 20 heavy (non-hydrogen) atoms. The normalized spacial score (nSPS) is 11.1. The predicted octanol–water partition coefficient (Wildman–Crippen LogP) is 2.60. The summed E-state index contributed by atoms with van der Waals surface area (Å²) in [4.78, 5) is 2.37. The van der Waals surface area contributed by atoms with E-state index >= 15 is 0 Å². The van der Waals surface area contributed by atoms with E-state index in [1.807, 2.05) is 18.7 Å². The van der Waals surface area contributed by atoms with Gasteiger partial charge in [-0.3, -0.25) is 4.68 Å². The summed E-state index contributed by atoms with van der Waals surface area (Å²) in [6.45, 7) is 7.89. The van der Waals surface area contributed by atoms with Crippen molar-refractivity contribution in [2.24, 2.45) is 12.8 Å². The third kappa shape index (κ3) is 3.20. The van der Waals surface area contributed by atoms with Crippen LogP contribution in [0.25, 0.3) is 0 Å². The summed E-state index contributed by atoms with van der Waals surface area (Å²) in [6.07, 6.45) is 0. The van der Waals surface area contributed by atoms with Gasteiger partial charge in [-0.15, -0.1) is 0 Å². The van der Waals surface area contributed by atoms with Crippen LogP contribution >= 0.6 is 0 Å². The molecule has 4 nitrogen and oxygen atoms in total. The fourth-order valence-electron chi connectivity index (χ4n) is 2.38. The first-order chi connectivity index (χ1) is 9.51. The Morgan fingerprint density at radius 3 is 2.35 bits per heavy atom. The number of nitrogens with zero attached hydrogens (tertiary/aromatic N) is 3. The molecule has 2 N–H and O–H groups in total. The van der Waals surface area contributed by atoms with Gasteiger partial charge in [0.2, 0.25) is 0 Å². The summed E-state index contributed by atoms with van der Waals surface area (Å²) in [5.41, 5.74) is 10.3. The molecule has 0 atom stereocenters. The van der Waals surface area contributed by atoms with Crippen molar-refractivity contribution in [3.8, 4) is 0 Å². The van der Waals surface area contributed by atoms with Crippen molar-refractivity contribution in [2.75, 3.05) is 4.90 Å². The lowest BCUT2D eigenvalue weighted by Crippen LogP contribution is -2.31. The van der Waals surface area contributed by atoms with E-state index in [9.17, 15) is 0 Å². The van der Waals surface area contributed by atoms with Crippen molar-refractivity contribution in [3.63, 3.8) is 0 Å². The Balaban J connectivity index is 2.24. The van der Waals surface area contributed by atoms with Gasteiger partial charge in [-0.2, -0.15) is 5.10 Å². The van der Waals surface area contributed by atoms with Crippen LogP contribution in [-0.4, -0.2) is 15.8 Å². The van der Waals surface area contributed by atoms with Crippen molar-refractivity contribution in [3.05, 3.63) is 47.3 Å². The molecule has 1 aromatic heterocycles. The minimum Gasteiger partial charge on any atom is -0.363 e. The average molecular weight is 272 g/mol. The van der Waals surface area contributed by atoms with Gasteiger partial charge in [-0.1, -0.05) is 12.1 Å². The Morgan fingerprint density at radius 2 is 1.90 bits per heavy atom. The monoisotopic (exact) mass is 272 g/mol. The smallest absolute Gasteiger partial charge is 0.0601 e. The number of aryl methyl sites for hydroxylation is 2. The molecular weight excluding hydrogens is 248 g/mol. The second kappa shape index (κ2) is 6.09. The Morgan fingerprint density at radius 1 is 1.25 bits per heavy atom. The van der Waals surface area contributed by atoms with Crippen molar-refractivity contribution < 1.29 is 0 Å². The lowest BCUT2D eigenvalue weighted by molar-refractivity contribution is 0.632. The first-order valence-corrected chi connectivity index (χ1v) is 7.06. The number of nitrogens with two attached hydrogens (primary N) is 1. The zero-order valence-corrected chi connectivity index (χ0v) is 12.8. The highest BCUT2D eigenvalue weighted by atomic mass is 15.3. The van der Waals surface area contributed by atoms with E-state index in [1.54, 1.807) is 0 Å². The molecule has 0 aliphatic heterocycles. The van der Waals surface area contributed by atoms with Crippen LogP contribution in [0.1, 0.15) is 30.8 Å². The second-order valence-electron chi connectivity index (χ2n) is 5.49. The minimum absolute atomic E-state index is 0.425. The van der Waals surface area contributed by atoms with Gasteiger partial charge in [0.1, 0.15) is 0 Å². The Labute approximate surface area is 121 Å². The van der Waals surface area contributed by atoms with Crippen LogP contribution in [0.5, 0.6) is 0 Å². The van der Waals surface area contributed by atoms with Crippen LogP contribution < -0.4 is 10.6 Å². The third-order valence-corrected chi connectivity index (χ3v) is 3.56. The van der Waals surface area contributed by atoms with E-state index in [4.69, 9.17) is 5.73 Å². The van der Waals surface area contributed by atoms with Gasteiger partial charge < -0.3 is 10.6 Å². The molecule has 1 aromatic carbocycles. The number of anilines is 1. The standard InChI is InChI=1S/C16H24N4/c1-12(2)20(11-16-9-13(3)18-19(16)4)15-7-5-14(10-17)6-8-15/h5-9,12H,10-11,17H2,1-4H3. The highest BCUT2D eigenvalue weighted by molar-refractivity contribution is 5.48. The number of benzene rings is 1. The molecule has 0 aliphatic carbocycles. The van der Waals surface area contributed by atoms with Gasteiger partial charge >= 0.3 is 0 Å². The van der Waals surface area contributed by atoms with Crippen LogP contribution in [0.4, 0.5) is 5.69 Å².